The molecule has 1 N–H and O–H groups in total. The average molecular weight is 343 g/mol. The van der Waals surface area contributed by atoms with Gasteiger partial charge in [0.05, 0.1) is 5.69 Å². The molecule has 2 nitrogen and oxygen atoms in total. The summed E-state index contributed by atoms with van der Waals surface area (Å²) in [6, 6.07) is 5.57. The van der Waals surface area contributed by atoms with Crippen molar-refractivity contribution < 1.29 is 0 Å². The van der Waals surface area contributed by atoms with Crippen LogP contribution in [0, 0.1) is 0 Å². The van der Waals surface area contributed by atoms with E-state index < -0.39 is 0 Å². The van der Waals surface area contributed by atoms with E-state index >= 15 is 0 Å². The Morgan fingerprint density at radius 1 is 1.14 bits per heavy atom. The van der Waals surface area contributed by atoms with Crippen molar-refractivity contribution in [3.63, 3.8) is 0 Å². The Bertz CT molecular complexity index is 609. The maximum absolute atomic E-state index is 6.10. The second-order valence-corrected chi connectivity index (χ2v) is 7.94. The van der Waals surface area contributed by atoms with Gasteiger partial charge in [-0.15, -0.1) is 11.3 Å². The Kier molecular flexibility index (Phi) is 5.31. The van der Waals surface area contributed by atoms with Crippen molar-refractivity contribution in [1.82, 2.24) is 10.3 Å². The Morgan fingerprint density at radius 2 is 1.76 bits per heavy atom. The topological polar surface area (TPSA) is 24.9 Å². The fourth-order valence-corrected chi connectivity index (χ4v) is 3.85. The summed E-state index contributed by atoms with van der Waals surface area (Å²) in [5.41, 5.74) is 2.13. The molecule has 21 heavy (non-hydrogen) atoms. The number of hydrogen-bond donors (Lipinski definition) is 1. The molecule has 0 radical (unpaired) electrons. The standard InChI is InChI=1S/C16H20Cl2N2S/c1-5-19-9-13-14(16(2,3)4)20-15(21-13)10-6-11(17)8-12(18)7-10/h6-8,19H,5,9H2,1-4H3. The molecule has 2 rings (SSSR count). The Hall–Kier alpha value is -0.610. The van der Waals surface area contributed by atoms with E-state index in [1.54, 1.807) is 17.4 Å². The number of aromatic nitrogens is 1. The van der Waals surface area contributed by atoms with Crippen LogP contribution in [0.5, 0.6) is 0 Å². The Morgan fingerprint density at radius 3 is 2.29 bits per heavy atom. The van der Waals surface area contributed by atoms with E-state index in [2.05, 4.69) is 33.0 Å². The van der Waals surface area contributed by atoms with E-state index in [0.717, 1.165) is 29.4 Å². The summed E-state index contributed by atoms with van der Waals surface area (Å²) in [4.78, 5) is 6.12. The first-order valence-electron chi connectivity index (χ1n) is 6.98. The molecule has 2 aromatic rings. The molecule has 0 atom stereocenters. The number of benzene rings is 1. The molecular weight excluding hydrogens is 323 g/mol. The summed E-state index contributed by atoms with van der Waals surface area (Å²) < 4.78 is 0. The first-order valence-corrected chi connectivity index (χ1v) is 8.56. The van der Waals surface area contributed by atoms with Gasteiger partial charge in [0.25, 0.3) is 0 Å². The van der Waals surface area contributed by atoms with Gasteiger partial charge in [-0.25, -0.2) is 4.98 Å². The van der Waals surface area contributed by atoms with Crippen molar-refractivity contribution in [1.29, 1.82) is 0 Å². The lowest BCUT2D eigenvalue weighted by molar-refractivity contribution is 0.561. The van der Waals surface area contributed by atoms with Crippen LogP contribution in [0.4, 0.5) is 0 Å². The summed E-state index contributed by atoms with van der Waals surface area (Å²) in [6.45, 7) is 10.5. The molecule has 0 saturated heterocycles. The second kappa shape index (κ2) is 6.66. The normalized spacial score (nSPS) is 11.9. The van der Waals surface area contributed by atoms with Crippen molar-refractivity contribution in [2.75, 3.05) is 6.54 Å². The SMILES string of the molecule is CCNCc1sc(-c2cc(Cl)cc(Cl)c2)nc1C(C)(C)C. The van der Waals surface area contributed by atoms with Crippen molar-refractivity contribution >= 4 is 34.5 Å². The van der Waals surface area contributed by atoms with E-state index in [1.807, 2.05) is 12.1 Å². The molecule has 114 valence electrons. The minimum Gasteiger partial charge on any atom is -0.312 e. The van der Waals surface area contributed by atoms with Gasteiger partial charge < -0.3 is 5.32 Å². The van der Waals surface area contributed by atoms with E-state index in [9.17, 15) is 0 Å². The zero-order chi connectivity index (χ0) is 15.6. The van der Waals surface area contributed by atoms with E-state index in [-0.39, 0.29) is 5.41 Å². The van der Waals surface area contributed by atoms with Crippen LogP contribution in [-0.2, 0) is 12.0 Å². The number of nitrogens with zero attached hydrogens (tertiary/aromatic N) is 1. The van der Waals surface area contributed by atoms with Gasteiger partial charge in [-0.05, 0) is 24.7 Å². The van der Waals surface area contributed by atoms with Crippen molar-refractivity contribution in [3.8, 4) is 10.6 Å². The molecule has 0 aliphatic rings. The molecule has 0 bridgehead atoms. The fourth-order valence-electron chi connectivity index (χ4n) is 2.10. The van der Waals surface area contributed by atoms with Crippen LogP contribution in [0.25, 0.3) is 10.6 Å². The van der Waals surface area contributed by atoms with Crippen LogP contribution in [-0.4, -0.2) is 11.5 Å². The van der Waals surface area contributed by atoms with Gasteiger partial charge in [-0.1, -0.05) is 50.9 Å². The number of halogens is 2. The van der Waals surface area contributed by atoms with Crippen molar-refractivity contribution in [3.05, 3.63) is 38.8 Å². The summed E-state index contributed by atoms with van der Waals surface area (Å²) in [7, 11) is 0. The third-order valence-corrected chi connectivity index (χ3v) is 4.59. The molecule has 0 amide bonds. The lowest BCUT2D eigenvalue weighted by Crippen LogP contribution is -2.18. The summed E-state index contributed by atoms with van der Waals surface area (Å²) in [5, 5.41) is 5.63. The highest BCUT2D eigenvalue weighted by atomic mass is 35.5. The van der Waals surface area contributed by atoms with Gasteiger partial charge in [-0.2, -0.15) is 0 Å². The van der Waals surface area contributed by atoms with E-state index in [4.69, 9.17) is 28.2 Å². The molecular formula is C16H20Cl2N2S. The van der Waals surface area contributed by atoms with Crippen molar-refractivity contribution in [2.45, 2.75) is 39.7 Å². The molecule has 5 heteroatoms. The number of nitrogens with one attached hydrogen (secondary N) is 1. The first kappa shape index (κ1) is 16.8. The molecule has 0 aliphatic heterocycles. The molecule has 1 aromatic carbocycles. The minimum atomic E-state index is 0.0157. The molecule has 0 fully saturated rings. The van der Waals surface area contributed by atoms with Crippen LogP contribution in [0.15, 0.2) is 18.2 Å². The quantitative estimate of drug-likeness (QED) is 0.790. The highest BCUT2D eigenvalue weighted by molar-refractivity contribution is 7.15. The maximum Gasteiger partial charge on any atom is 0.124 e. The minimum absolute atomic E-state index is 0.0157. The Labute approximate surface area is 140 Å². The summed E-state index contributed by atoms with van der Waals surface area (Å²) in [6.07, 6.45) is 0. The fraction of sp³-hybridized carbons (Fsp3) is 0.438. The van der Waals surface area contributed by atoms with Gasteiger partial charge in [0.1, 0.15) is 5.01 Å². The highest BCUT2D eigenvalue weighted by Crippen LogP contribution is 2.36. The molecule has 1 aromatic heterocycles. The van der Waals surface area contributed by atoms with Gasteiger partial charge in [0, 0.05) is 32.4 Å². The van der Waals surface area contributed by atoms with Crippen LogP contribution >= 0.6 is 34.5 Å². The van der Waals surface area contributed by atoms with Crippen LogP contribution in [0.3, 0.4) is 0 Å². The first-order chi connectivity index (χ1) is 9.81. The predicted octanol–water partition coefficient (Wildman–Crippen LogP) is 5.52. The third-order valence-electron chi connectivity index (χ3n) is 3.05. The molecule has 0 unspecified atom stereocenters. The number of rotatable bonds is 4. The molecule has 1 heterocycles. The van der Waals surface area contributed by atoms with Crippen LogP contribution in [0.2, 0.25) is 10.0 Å². The predicted molar refractivity (Wildman–Crippen MR) is 93.7 cm³/mol. The lowest BCUT2D eigenvalue weighted by atomic mass is 9.91. The van der Waals surface area contributed by atoms with Crippen molar-refractivity contribution in [2.24, 2.45) is 0 Å². The van der Waals surface area contributed by atoms with E-state index in [1.165, 1.54) is 4.88 Å². The largest absolute Gasteiger partial charge is 0.312 e. The lowest BCUT2D eigenvalue weighted by Gasteiger charge is -2.17. The zero-order valence-corrected chi connectivity index (χ0v) is 15.1. The molecule has 0 saturated carbocycles. The van der Waals surface area contributed by atoms with Gasteiger partial charge in [-0.3, -0.25) is 0 Å². The summed E-state index contributed by atoms with van der Waals surface area (Å²) in [5.74, 6) is 0. The van der Waals surface area contributed by atoms with Gasteiger partial charge in [0.15, 0.2) is 0 Å². The maximum atomic E-state index is 6.10. The van der Waals surface area contributed by atoms with Gasteiger partial charge in [0.2, 0.25) is 0 Å². The molecule has 0 spiro atoms. The van der Waals surface area contributed by atoms with Crippen LogP contribution in [0.1, 0.15) is 38.3 Å². The van der Waals surface area contributed by atoms with Gasteiger partial charge >= 0.3 is 0 Å². The zero-order valence-electron chi connectivity index (χ0n) is 12.8. The number of thiazole rings is 1. The smallest absolute Gasteiger partial charge is 0.124 e. The summed E-state index contributed by atoms with van der Waals surface area (Å²) >= 11 is 13.9. The Balaban J connectivity index is 2.47. The number of hydrogen-bond acceptors (Lipinski definition) is 3. The molecule has 0 aliphatic carbocycles. The van der Waals surface area contributed by atoms with E-state index in [0.29, 0.717) is 10.0 Å². The monoisotopic (exact) mass is 342 g/mol. The second-order valence-electron chi connectivity index (χ2n) is 5.98. The third kappa shape index (κ3) is 4.19. The van der Waals surface area contributed by atoms with Crippen LogP contribution < -0.4 is 5.32 Å². The highest BCUT2D eigenvalue weighted by Gasteiger charge is 2.23. The average Bonchev–Trinajstić information content (AvgIpc) is 2.79.